The molecule has 4 N–H and O–H groups in total. The zero-order valence-corrected chi connectivity index (χ0v) is 34.7. The third-order valence-corrected chi connectivity index (χ3v) is 11.8. The smallest absolute Gasteiger partial charge is 0.408 e. The van der Waals surface area contributed by atoms with Crippen molar-refractivity contribution in [3.05, 3.63) is 29.5 Å². The highest BCUT2D eigenvalue weighted by Gasteiger charge is 2.49. The van der Waals surface area contributed by atoms with Crippen LogP contribution in [0.5, 0.6) is 11.5 Å². The number of ether oxygens (including phenoxy) is 4. The number of benzene rings is 1. The van der Waals surface area contributed by atoms with Crippen molar-refractivity contribution in [1.29, 1.82) is 0 Å². The van der Waals surface area contributed by atoms with Gasteiger partial charge in [0.15, 0.2) is 0 Å². The van der Waals surface area contributed by atoms with Crippen LogP contribution < -0.4 is 25.8 Å². The Morgan fingerprint density at radius 3 is 2.49 bits per heavy atom. The molecule has 1 aromatic carbocycles. The van der Waals surface area contributed by atoms with Crippen molar-refractivity contribution in [3.8, 4) is 22.9 Å². The van der Waals surface area contributed by atoms with Crippen LogP contribution in [0.2, 0.25) is 5.02 Å². The van der Waals surface area contributed by atoms with E-state index in [1.54, 1.807) is 12.1 Å². The molecule has 2 saturated heterocycles. The predicted molar refractivity (Wildman–Crippen MR) is 214 cm³/mol. The van der Waals surface area contributed by atoms with Gasteiger partial charge >= 0.3 is 6.09 Å². The summed E-state index contributed by atoms with van der Waals surface area (Å²) in [6.07, 6.45) is 3.09. The summed E-state index contributed by atoms with van der Waals surface area (Å²) in [6.45, 7) is 17.1. The summed E-state index contributed by atoms with van der Waals surface area (Å²) < 4.78 is 30.0. The highest BCUT2D eigenvalue weighted by Crippen LogP contribution is 2.52. The average Bonchev–Trinajstić information content (AvgIpc) is 3.45. The second-order valence-electron chi connectivity index (χ2n) is 17.9. The van der Waals surface area contributed by atoms with Crippen LogP contribution in [-0.4, -0.2) is 113 Å². The summed E-state index contributed by atoms with van der Waals surface area (Å²) in [6, 6.07) is 3.82. The summed E-state index contributed by atoms with van der Waals surface area (Å²) in [5, 5.41) is 6.86. The van der Waals surface area contributed by atoms with Crippen LogP contribution >= 0.6 is 11.6 Å². The number of nitrogens with one attached hydrogen (secondary N) is 2. The third kappa shape index (κ3) is 9.20. The first-order chi connectivity index (χ1) is 27.0. The van der Waals surface area contributed by atoms with E-state index in [2.05, 4.69) is 34.4 Å². The Morgan fingerprint density at radius 2 is 1.81 bits per heavy atom. The lowest BCUT2D eigenvalue weighted by Gasteiger charge is -2.41. The number of primary amides is 1. The van der Waals surface area contributed by atoms with Gasteiger partial charge in [0.2, 0.25) is 11.8 Å². The molecule has 0 bridgehead atoms. The first kappa shape index (κ1) is 40.8. The van der Waals surface area contributed by atoms with Gasteiger partial charge < -0.3 is 44.6 Å². The predicted octanol–water partition coefficient (Wildman–Crippen LogP) is 5.63. The van der Waals surface area contributed by atoms with E-state index >= 15 is 0 Å². The van der Waals surface area contributed by atoms with Crippen molar-refractivity contribution in [2.24, 2.45) is 23.0 Å². The van der Waals surface area contributed by atoms with Crippen molar-refractivity contribution in [2.75, 3.05) is 44.8 Å². The van der Waals surface area contributed by atoms with Gasteiger partial charge in [0.1, 0.15) is 59.4 Å². The van der Waals surface area contributed by atoms with Crippen molar-refractivity contribution >= 4 is 46.4 Å². The molecule has 57 heavy (non-hydrogen) atoms. The molecule has 16 heteroatoms. The number of hydrogen-bond donors (Lipinski definition) is 3. The quantitative estimate of drug-likeness (QED) is 0.194. The highest BCUT2D eigenvalue weighted by atomic mass is 35.5. The second kappa shape index (κ2) is 16.1. The molecule has 0 unspecified atom stereocenters. The topological polar surface area (TPSA) is 184 Å². The molecule has 6 atom stereocenters. The molecule has 3 amide bonds. The number of nitrogens with zero attached hydrogens (tertiary/aromatic N) is 4. The molecule has 15 nitrogen and oxygen atoms in total. The zero-order valence-electron chi connectivity index (χ0n) is 33.9. The van der Waals surface area contributed by atoms with Gasteiger partial charge in [-0.2, -0.15) is 4.98 Å². The number of amides is 3. The number of alkyl carbamates (subject to hydrolysis) is 1. The highest BCUT2D eigenvalue weighted by molar-refractivity contribution is 6.36. The van der Waals surface area contributed by atoms with Gasteiger partial charge in [-0.25, -0.2) is 9.78 Å². The summed E-state index contributed by atoms with van der Waals surface area (Å²) in [4.78, 5) is 53.5. The number of hydrogen-bond acceptors (Lipinski definition) is 12. The SMILES string of the molecule is CC(C)Nc1nc(-c2cc(O[C@@H]3C[C@@H](C(N)=O)N(C(=O)[C@@H](NC(=O)O[C@@H]4C[C@@H]5C[C@@H]5C4)C(C)(C)C)C3)c3ccc(OCCN4CCOCC4(C)C)c(Cl)c3n2)co1. The Hall–Kier alpha value is -4.34. The minimum absolute atomic E-state index is 0.0418. The van der Waals surface area contributed by atoms with Gasteiger partial charge in [0, 0.05) is 42.5 Å². The number of carbonyl (C=O) groups excluding carboxylic acids is 3. The molecule has 4 fully saturated rings. The number of halogens is 1. The van der Waals surface area contributed by atoms with E-state index in [-0.39, 0.29) is 30.7 Å². The van der Waals surface area contributed by atoms with Crippen LogP contribution in [0.3, 0.4) is 0 Å². The van der Waals surface area contributed by atoms with Crippen LogP contribution in [-0.2, 0) is 19.1 Å². The molecule has 310 valence electrons. The van der Waals surface area contributed by atoms with Crippen LogP contribution in [0.4, 0.5) is 10.8 Å². The fourth-order valence-electron chi connectivity index (χ4n) is 8.27. The molecule has 0 spiro atoms. The van der Waals surface area contributed by atoms with Gasteiger partial charge in [0.25, 0.3) is 6.01 Å². The molecule has 0 radical (unpaired) electrons. The number of aromatic nitrogens is 2. The molecule has 2 aliphatic heterocycles. The van der Waals surface area contributed by atoms with Crippen molar-refractivity contribution in [3.63, 3.8) is 0 Å². The van der Waals surface area contributed by atoms with Crippen molar-refractivity contribution in [2.45, 2.75) is 110 Å². The maximum Gasteiger partial charge on any atom is 0.408 e. The van der Waals surface area contributed by atoms with E-state index in [1.807, 2.05) is 40.7 Å². The Morgan fingerprint density at radius 1 is 1.05 bits per heavy atom. The number of rotatable bonds is 13. The van der Waals surface area contributed by atoms with E-state index < -0.39 is 41.5 Å². The third-order valence-electron chi connectivity index (χ3n) is 11.5. The summed E-state index contributed by atoms with van der Waals surface area (Å²) in [5.74, 6) is 1.02. The molecule has 4 heterocycles. The lowest BCUT2D eigenvalue weighted by Crippen LogP contribution is -2.57. The monoisotopic (exact) mass is 809 g/mol. The molecule has 2 aliphatic carbocycles. The van der Waals surface area contributed by atoms with Gasteiger partial charge in [-0.05, 0) is 76.3 Å². The lowest BCUT2D eigenvalue weighted by atomic mass is 9.85. The molecule has 2 aromatic heterocycles. The Bertz CT molecular complexity index is 1970. The van der Waals surface area contributed by atoms with Crippen molar-refractivity contribution < 1.29 is 37.7 Å². The first-order valence-electron chi connectivity index (χ1n) is 20.0. The van der Waals surface area contributed by atoms with E-state index in [9.17, 15) is 14.4 Å². The van der Waals surface area contributed by atoms with Gasteiger partial charge in [-0.3, -0.25) is 14.5 Å². The molecule has 4 aliphatic rings. The standard InChI is InChI=1S/C41H56ClN7O8/c1-22(2)44-38-46-29(20-55-38)28-18-32(27-8-9-31(33(42)34(27)45-28)54-13-11-48-10-12-53-21-41(48,6)7)56-26-17-30(36(43)50)49(19-26)37(51)35(40(3,4)5)47-39(52)57-25-15-23-14-24(23)16-25/h8-9,18,20,22-26,30,35H,10-17,19,21H2,1-7H3,(H2,43,50)(H,44,46)(H,47,52)/t23-,24+,25+,26-,30+,35-/m1/s1. The summed E-state index contributed by atoms with van der Waals surface area (Å²) >= 11 is 7.06. The van der Waals surface area contributed by atoms with Crippen LogP contribution in [0.15, 0.2) is 28.9 Å². The number of nitrogens with two attached hydrogens (primary N) is 1. The zero-order chi connectivity index (χ0) is 40.8. The number of morpholine rings is 1. The lowest BCUT2D eigenvalue weighted by molar-refractivity contribution is -0.141. The molecule has 3 aromatic rings. The van der Waals surface area contributed by atoms with E-state index in [1.165, 1.54) is 17.6 Å². The molecule has 2 saturated carbocycles. The van der Waals surface area contributed by atoms with Crippen LogP contribution in [0.25, 0.3) is 22.3 Å². The van der Waals surface area contributed by atoms with E-state index in [0.717, 1.165) is 19.4 Å². The average molecular weight is 810 g/mol. The first-order valence-corrected chi connectivity index (χ1v) is 20.4. The van der Waals surface area contributed by atoms with Gasteiger partial charge in [-0.15, -0.1) is 0 Å². The van der Waals surface area contributed by atoms with Gasteiger partial charge in [0.05, 0.1) is 31.0 Å². The molecule has 7 rings (SSSR count). The van der Waals surface area contributed by atoms with Gasteiger partial charge in [-0.1, -0.05) is 32.4 Å². The minimum atomic E-state index is -0.984. The minimum Gasteiger partial charge on any atom is -0.491 e. The molecular weight excluding hydrogens is 754 g/mol. The summed E-state index contributed by atoms with van der Waals surface area (Å²) in [5.41, 5.74) is 6.38. The largest absolute Gasteiger partial charge is 0.491 e. The van der Waals surface area contributed by atoms with Crippen LogP contribution in [0, 0.1) is 17.3 Å². The normalized spacial score (nSPS) is 24.9. The number of pyridine rings is 1. The van der Waals surface area contributed by atoms with E-state index in [0.29, 0.717) is 83.0 Å². The summed E-state index contributed by atoms with van der Waals surface area (Å²) in [7, 11) is 0. The fourth-order valence-corrected chi connectivity index (χ4v) is 8.54. The van der Waals surface area contributed by atoms with E-state index in [4.69, 9.17) is 45.7 Å². The Balaban J connectivity index is 1.13. The maximum atomic E-state index is 14.3. The maximum absolute atomic E-state index is 14.3. The number of fused-ring (bicyclic) bond motifs is 2. The Labute approximate surface area is 338 Å². The van der Waals surface area contributed by atoms with Crippen molar-refractivity contribution in [1.82, 2.24) is 25.1 Å². The number of likely N-dealkylation sites (tertiary alicyclic amines) is 1. The van der Waals surface area contributed by atoms with Crippen LogP contribution in [0.1, 0.15) is 74.1 Å². The Kier molecular flexibility index (Phi) is 11.6. The number of oxazole rings is 1. The number of carbonyl (C=O) groups is 3. The molecular formula is C41H56ClN7O8. The number of anilines is 1. The fraction of sp³-hybridized carbons (Fsp3) is 0.634. The second-order valence-corrected chi connectivity index (χ2v) is 18.3.